The van der Waals surface area contributed by atoms with Gasteiger partial charge in [0.25, 0.3) is 0 Å². The zero-order valence-electron chi connectivity index (χ0n) is 12.4. The second-order valence-electron chi connectivity index (χ2n) is 5.83. The molecule has 19 heavy (non-hydrogen) atoms. The molecule has 0 spiro atoms. The normalized spacial score (nSPS) is 17.8. The SMILES string of the molecule is Cc1cc(CCCN2CCN(C)CC2)cc(C)c1O. The number of aromatic hydroxyl groups is 1. The van der Waals surface area contributed by atoms with Gasteiger partial charge in [-0.15, -0.1) is 0 Å². The lowest BCUT2D eigenvalue weighted by atomic mass is 10.0. The van der Waals surface area contributed by atoms with Gasteiger partial charge in [-0.05, 0) is 57.0 Å². The monoisotopic (exact) mass is 262 g/mol. The maximum atomic E-state index is 9.77. The van der Waals surface area contributed by atoms with E-state index in [1.807, 2.05) is 13.8 Å². The standard InChI is InChI=1S/C16H26N2O/c1-13-11-15(12-14(2)16(13)19)5-4-6-18-9-7-17(3)8-10-18/h11-12,19H,4-10H2,1-3H3. The fourth-order valence-corrected chi connectivity index (χ4v) is 2.77. The molecule has 1 aromatic rings. The van der Waals surface area contributed by atoms with Crippen LogP contribution < -0.4 is 0 Å². The van der Waals surface area contributed by atoms with E-state index >= 15 is 0 Å². The van der Waals surface area contributed by atoms with Crippen molar-refractivity contribution in [1.82, 2.24) is 9.80 Å². The van der Waals surface area contributed by atoms with E-state index in [4.69, 9.17) is 0 Å². The van der Waals surface area contributed by atoms with Crippen LogP contribution in [-0.4, -0.2) is 54.7 Å². The van der Waals surface area contributed by atoms with Crippen LogP contribution in [-0.2, 0) is 6.42 Å². The number of phenolic OH excluding ortho intramolecular Hbond substituents is 1. The highest BCUT2D eigenvalue weighted by Crippen LogP contribution is 2.23. The summed E-state index contributed by atoms with van der Waals surface area (Å²) in [4.78, 5) is 4.95. The highest BCUT2D eigenvalue weighted by Gasteiger charge is 2.13. The molecule has 0 bridgehead atoms. The van der Waals surface area contributed by atoms with Crippen molar-refractivity contribution in [3.63, 3.8) is 0 Å². The highest BCUT2D eigenvalue weighted by molar-refractivity contribution is 5.42. The molecule has 0 radical (unpaired) electrons. The number of rotatable bonds is 4. The number of nitrogens with zero attached hydrogens (tertiary/aromatic N) is 2. The van der Waals surface area contributed by atoms with Crippen molar-refractivity contribution >= 4 is 0 Å². The Hall–Kier alpha value is -1.06. The van der Waals surface area contributed by atoms with Crippen LogP contribution in [0.15, 0.2) is 12.1 Å². The molecule has 1 aliphatic rings. The average Bonchev–Trinajstić information content (AvgIpc) is 2.38. The lowest BCUT2D eigenvalue weighted by Gasteiger charge is -2.32. The maximum absolute atomic E-state index is 9.77. The van der Waals surface area contributed by atoms with Crippen molar-refractivity contribution < 1.29 is 5.11 Å². The van der Waals surface area contributed by atoms with Gasteiger partial charge in [0.1, 0.15) is 5.75 Å². The highest BCUT2D eigenvalue weighted by atomic mass is 16.3. The van der Waals surface area contributed by atoms with Gasteiger partial charge < -0.3 is 14.9 Å². The molecule has 0 saturated carbocycles. The van der Waals surface area contributed by atoms with Crippen LogP contribution in [0, 0.1) is 13.8 Å². The third kappa shape index (κ3) is 3.95. The fraction of sp³-hybridized carbons (Fsp3) is 0.625. The number of piperazine rings is 1. The summed E-state index contributed by atoms with van der Waals surface area (Å²) in [5.74, 6) is 0.447. The van der Waals surface area contributed by atoms with E-state index in [2.05, 4.69) is 29.0 Å². The van der Waals surface area contributed by atoms with Crippen LogP contribution in [0.25, 0.3) is 0 Å². The molecule has 0 unspecified atom stereocenters. The lowest BCUT2D eigenvalue weighted by Crippen LogP contribution is -2.44. The van der Waals surface area contributed by atoms with Crippen LogP contribution >= 0.6 is 0 Å². The minimum atomic E-state index is 0.447. The molecule has 0 amide bonds. The molecule has 0 aromatic heterocycles. The Balaban J connectivity index is 1.79. The van der Waals surface area contributed by atoms with Crippen molar-refractivity contribution in [1.29, 1.82) is 0 Å². The van der Waals surface area contributed by atoms with Crippen LogP contribution in [0.1, 0.15) is 23.1 Å². The van der Waals surface area contributed by atoms with Gasteiger partial charge in [0, 0.05) is 26.2 Å². The molecule has 1 aliphatic heterocycles. The predicted molar refractivity (Wildman–Crippen MR) is 79.8 cm³/mol. The van der Waals surface area contributed by atoms with Gasteiger partial charge in [0.15, 0.2) is 0 Å². The minimum absolute atomic E-state index is 0.447. The van der Waals surface area contributed by atoms with Crippen molar-refractivity contribution in [2.75, 3.05) is 39.8 Å². The number of aryl methyl sites for hydroxylation is 3. The topological polar surface area (TPSA) is 26.7 Å². The molecule has 106 valence electrons. The quantitative estimate of drug-likeness (QED) is 0.901. The van der Waals surface area contributed by atoms with Gasteiger partial charge in [0.05, 0.1) is 0 Å². The molecule has 1 aromatic carbocycles. The van der Waals surface area contributed by atoms with Crippen molar-refractivity contribution in [2.45, 2.75) is 26.7 Å². The van der Waals surface area contributed by atoms with E-state index < -0.39 is 0 Å². The predicted octanol–water partition coefficient (Wildman–Crippen LogP) is 2.19. The fourth-order valence-electron chi connectivity index (χ4n) is 2.77. The van der Waals surface area contributed by atoms with Crippen LogP contribution in [0.4, 0.5) is 0 Å². The zero-order valence-corrected chi connectivity index (χ0v) is 12.4. The molecule has 1 N–H and O–H groups in total. The first-order valence-corrected chi connectivity index (χ1v) is 7.26. The molecule has 3 heteroatoms. The van der Waals surface area contributed by atoms with E-state index in [0.717, 1.165) is 17.5 Å². The molecule has 1 saturated heterocycles. The summed E-state index contributed by atoms with van der Waals surface area (Å²) < 4.78 is 0. The van der Waals surface area contributed by atoms with Crippen LogP contribution in [0.3, 0.4) is 0 Å². The zero-order chi connectivity index (χ0) is 13.8. The Labute approximate surface area is 116 Å². The van der Waals surface area contributed by atoms with Gasteiger partial charge in [0.2, 0.25) is 0 Å². The Morgan fingerprint density at radius 2 is 1.63 bits per heavy atom. The molecular weight excluding hydrogens is 236 g/mol. The minimum Gasteiger partial charge on any atom is -0.507 e. The molecular formula is C16H26N2O. The van der Waals surface area contributed by atoms with Gasteiger partial charge in [-0.25, -0.2) is 0 Å². The molecule has 1 heterocycles. The second-order valence-corrected chi connectivity index (χ2v) is 5.83. The summed E-state index contributed by atoms with van der Waals surface area (Å²) in [5, 5.41) is 9.77. The van der Waals surface area contributed by atoms with Crippen molar-refractivity contribution in [3.8, 4) is 5.75 Å². The number of likely N-dealkylation sites (N-methyl/N-ethyl adjacent to an activating group) is 1. The van der Waals surface area contributed by atoms with Crippen molar-refractivity contribution in [2.24, 2.45) is 0 Å². The Bertz CT molecular complexity index is 400. The first-order valence-electron chi connectivity index (χ1n) is 7.26. The molecule has 3 nitrogen and oxygen atoms in total. The van der Waals surface area contributed by atoms with Gasteiger partial charge in [-0.1, -0.05) is 12.1 Å². The second kappa shape index (κ2) is 6.40. The van der Waals surface area contributed by atoms with E-state index in [-0.39, 0.29) is 0 Å². The Morgan fingerprint density at radius 1 is 1.05 bits per heavy atom. The Morgan fingerprint density at radius 3 is 2.21 bits per heavy atom. The van der Waals surface area contributed by atoms with Crippen LogP contribution in [0.5, 0.6) is 5.75 Å². The number of phenols is 1. The average molecular weight is 262 g/mol. The number of benzene rings is 1. The van der Waals surface area contributed by atoms with Crippen LogP contribution in [0.2, 0.25) is 0 Å². The van der Waals surface area contributed by atoms with Crippen molar-refractivity contribution in [3.05, 3.63) is 28.8 Å². The smallest absolute Gasteiger partial charge is 0.121 e. The molecule has 2 rings (SSSR count). The van der Waals surface area contributed by atoms with E-state index in [9.17, 15) is 5.11 Å². The summed E-state index contributed by atoms with van der Waals surface area (Å²) in [6, 6.07) is 4.23. The first-order chi connectivity index (χ1) is 9.06. The third-order valence-corrected chi connectivity index (χ3v) is 4.09. The summed E-state index contributed by atoms with van der Waals surface area (Å²) in [6.45, 7) is 9.93. The lowest BCUT2D eigenvalue weighted by molar-refractivity contribution is 0.153. The maximum Gasteiger partial charge on any atom is 0.121 e. The number of hydrogen-bond donors (Lipinski definition) is 1. The van der Waals surface area contributed by atoms with E-state index in [1.165, 1.54) is 44.7 Å². The van der Waals surface area contributed by atoms with E-state index in [0.29, 0.717) is 5.75 Å². The van der Waals surface area contributed by atoms with E-state index in [1.54, 1.807) is 0 Å². The molecule has 0 atom stereocenters. The number of hydrogen-bond acceptors (Lipinski definition) is 3. The largest absolute Gasteiger partial charge is 0.507 e. The van der Waals surface area contributed by atoms with Gasteiger partial charge in [-0.3, -0.25) is 0 Å². The Kier molecular flexibility index (Phi) is 4.83. The van der Waals surface area contributed by atoms with Gasteiger partial charge in [-0.2, -0.15) is 0 Å². The first kappa shape index (κ1) is 14.4. The summed E-state index contributed by atoms with van der Waals surface area (Å²) in [7, 11) is 2.19. The summed E-state index contributed by atoms with van der Waals surface area (Å²) >= 11 is 0. The summed E-state index contributed by atoms with van der Waals surface area (Å²) in [6.07, 6.45) is 2.31. The molecule has 1 fully saturated rings. The third-order valence-electron chi connectivity index (χ3n) is 4.09. The summed E-state index contributed by atoms with van der Waals surface area (Å²) in [5.41, 5.74) is 3.34. The van der Waals surface area contributed by atoms with Gasteiger partial charge >= 0.3 is 0 Å². The molecule has 0 aliphatic carbocycles.